The van der Waals surface area contributed by atoms with Crippen LogP contribution in [-0.2, 0) is 4.79 Å². The van der Waals surface area contributed by atoms with Gasteiger partial charge in [-0.2, -0.15) is 0 Å². The average Bonchev–Trinajstić information content (AvgIpc) is 3.21. The third kappa shape index (κ3) is 4.94. The van der Waals surface area contributed by atoms with Crippen molar-refractivity contribution in [3.8, 4) is 0 Å². The Bertz CT molecular complexity index is 1080. The number of halogens is 2. The third-order valence-corrected chi connectivity index (χ3v) is 6.24. The quantitative estimate of drug-likeness (QED) is 0.513. The number of para-hydroxylation sites is 2. The number of carbonyl (C=O) groups is 2. The summed E-state index contributed by atoms with van der Waals surface area (Å²) < 4.78 is 0. The van der Waals surface area contributed by atoms with E-state index in [4.69, 9.17) is 23.2 Å². The van der Waals surface area contributed by atoms with Crippen LogP contribution in [0.1, 0.15) is 31.6 Å². The molecule has 4 rings (SSSR count). The number of fused-ring (bicyclic) bond motifs is 1. The summed E-state index contributed by atoms with van der Waals surface area (Å²) in [4.78, 5) is 34.8. The van der Waals surface area contributed by atoms with Gasteiger partial charge < -0.3 is 20.5 Å². The lowest BCUT2D eigenvalue weighted by molar-refractivity contribution is -0.121. The van der Waals surface area contributed by atoms with E-state index in [2.05, 4.69) is 20.6 Å². The lowest BCUT2D eigenvalue weighted by atomic mass is 9.96. The summed E-state index contributed by atoms with van der Waals surface area (Å²) in [5, 5.41) is 6.70. The van der Waals surface area contributed by atoms with Crippen LogP contribution in [-0.4, -0.2) is 39.9 Å². The number of hydrogen-bond donors (Lipinski definition) is 3. The Hall–Kier alpha value is -2.77. The van der Waals surface area contributed by atoms with Crippen LogP contribution in [0.2, 0.25) is 10.0 Å². The van der Waals surface area contributed by atoms with Gasteiger partial charge in [-0.1, -0.05) is 35.3 Å². The third-order valence-electron chi connectivity index (χ3n) is 5.50. The molecule has 3 amide bonds. The summed E-state index contributed by atoms with van der Waals surface area (Å²) in [6, 6.07) is 12.3. The predicted octanol–water partition coefficient (Wildman–Crippen LogP) is 4.99. The van der Waals surface area contributed by atoms with E-state index in [1.165, 1.54) is 0 Å². The summed E-state index contributed by atoms with van der Waals surface area (Å²) in [5.74, 6) is 0.478. The topological polar surface area (TPSA) is 90.1 Å². The number of H-pyrrole nitrogens is 1. The molecule has 0 bridgehead atoms. The van der Waals surface area contributed by atoms with Crippen LogP contribution in [0.25, 0.3) is 11.0 Å². The molecular weight excluding hydrogens is 437 g/mol. The molecule has 1 unspecified atom stereocenters. The van der Waals surface area contributed by atoms with E-state index in [0.717, 1.165) is 11.0 Å². The Kier molecular flexibility index (Phi) is 6.34. The van der Waals surface area contributed by atoms with Crippen LogP contribution in [0, 0.1) is 5.92 Å². The van der Waals surface area contributed by atoms with Gasteiger partial charge in [0.05, 0.1) is 27.1 Å². The number of nitrogens with zero attached hydrogens (tertiary/aromatic N) is 2. The number of amides is 3. The molecule has 1 saturated heterocycles. The number of urea groups is 1. The van der Waals surface area contributed by atoms with Crippen molar-refractivity contribution in [2.75, 3.05) is 18.4 Å². The van der Waals surface area contributed by atoms with Crippen molar-refractivity contribution in [2.45, 2.75) is 25.8 Å². The number of likely N-dealkylation sites (tertiary alicyclic amines) is 1. The zero-order chi connectivity index (χ0) is 22.0. The number of piperidine rings is 1. The summed E-state index contributed by atoms with van der Waals surface area (Å²) in [6.45, 7) is 2.92. The van der Waals surface area contributed by atoms with Crippen LogP contribution in [0.5, 0.6) is 0 Å². The van der Waals surface area contributed by atoms with Gasteiger partial charge in [0.25, 0.3) is 0 Å². The van der Waals surface area contributed by atoms with Crippen molar-refractivity contribution in [3.63, 3.8) is 0 Å². The SMILES string of the molecule is CC(NC(=O)N1CCC(C(=O)Nc2ccc(Cl)c(Cl)c2)CC1)c1nc2ccccc2[nH]1. The van der Waals surface area contributed by atoms with Crippen molar-refractivity contribution >= 4 is 51.9 Å². The summed E-state index contributed by atoms with van der Waals surface area (Å²) in [6.07, 6.45) is 1.19. The second-order valence-electron chi connectivity index (χ2n) is 7.69. The van der Waals surface area contributed by atoms with E-state index in [0.29, 0.717) is 47.5 Å². The maximum absolute atomic E-state index is 12.7. The number of hydrogen-bond acceptors (Lipinski definition) is 3. The highest BCUT2D eigenvalue weighted by Gasteiger charge is 2.28. The predicted molar refractivity (Wildman–Crippen MR) is 122 cm³/mol. The minimum Gasteiger partial charge on any atom is -0.340 e. The van der Waals surface area contributed by atoms with E-state index in [1.807, 2.05) is 31.2 Å². The van der Waals surface area contributed by atoms with Gasteiger partial charge >= 0.3 is 6.03 Å². The van der Waals surface area contributed by atoms with Gasteiger partial charge in [0.1, 0.15) is 5.82 Å². The number of benzene rings is 2. The number of imidazole rings is 1. The molecule has 1 atom stereocenters. The van der Waals surface area contributed by atoms with Gasteiger partial charge in [0, 0.05) is 24.7 Å². The monoisotopic (exact) mass is 459 g/mol. The van der Waals surface area contributed by atoms with Gasteiger partial charge in [0.2, 0.25) is 5.91 Å². The van der Waals surface area contributed by atoms with Gasteiger partial charge in [0.15, 0.2) is 0 Å². The summed E-state index contributed by atoms with van der Waals surface area (Å²) in [5.41, 5.74) is 2.42. The molecule has 162 valence electrons. The first-order chi connectivity index (χ1) is 14.9. The number of anilines is 1. The Morgan fingerprint density at radius 3 is 2.58 bits per heavy atom. The van der Waals surface area contributed by atoms with Crippen LogP contribution in [0.4, 0.5) is 10.5 Å². The van der Waals surface area contributed by atoms with Crippen LogP contribution < -0.4 is 10.6 Å². The van der Waals surface area contributed by atoms with Gasteiger partial charge in [-0.25, -0.2) is 9.78 Å². The highest BCUT2D eigenvalue weighted by Crippen LogP contribution is 2.26. The molecule has 0 spiro atoms. The normalized spacial score (nSPS) is 15.6. The smallest absolute Gasteiger partial charge is 0.317 e. The number of nitrogens with one attached hydrogen (secondary N) is 3. The highest BCUT2D eigenvalue weighted by molar-refractivity contribution is 6.42. The largest absolute Gasteiger partial charge is 0.340 e. The van der Waals surface area contributed by atoms with Gasteiger partial charge in [-0.15, -0.1) is 0 Å². The van der Waals surface area contributed by atoms with Gasteiger partial charge in [-0.3, -0.25) is 4.79 Å². The number of aromatic amines is 1. The second-order valence-corrected chi connectivity index (χ2v) is 8.50. The fourth-order valence-corrected chi connectivity index (χ4v) is 3.98. The molecule has 3 aromatic rings. The van der Waals surface area contributed by atoms with Crippen molar-refractivity contribution in [1.29, 1.82) is 0 Å². The van der Waals surface area contributed by atoms with E-state index < -0.39 is 0 Å². The summed E-state index contributed by atoms with van der Waals surface area (Å²) >= 11 is 11.9. The maximum atomic E-state index is 12.7. The van der Waals surface area contributed by atoms with Gasteiger partial charge in [-0.05, 0) is 50.1 Å². The van der Waals surface area contributed by atoms with E-state index in [1.54, 1.807) is 23.1 Å². The molecule has 2 aromatic carbocycles. The average molecular weight is 460 g/mol. The molecule has 1 aliphatic heterocycles. The molecule has 0 saturated carbocycles. The van der Waals surface area contributed by atoms with Crippen molar-refractivity contribution in [1.82, 2.24) is 20.2 Å². The highest BCUT2D eigenvalue weighted by atomic mass is 35.5. The number of rotatable bonds is 4. The zero-order valence-electron chi connectivity index (χ0n) is 17.0. The molecule has 1 aliphatic rings. The fraction of sp³-hybridized carbons (Fsp3) is 0.318. The molecule has 0 radical (unpaired) electrons. The molecule has 2 heterocycles. The number of aromatic nitrogens is 2. The zero-order valence-corrected chi connectivity index (χ0v) is 18.5. The first-order valence-electron chi connectivity index (χ1n) is 10.2. The molecule has 1 fully saturated rings. The minimum absolute atomic E-state index is 0.0749. The Morgan fingerprint density at radius 1 is 1.13 bits per heavy atom. The summed E-state index contributed by atoms with van der Waals surface area (Å²) in [7, 11) is 0. The molecule has 1 aromatic heterocycles. The second kappa shape index (κ2) is 9.16. The van der Waals surface area contributed by atoms with E-state index in [-0.39, 0.29) is 23.9 Å². The van der Waals surface area contributed by atoms with E-state index >= 15 is 0 Å². The van der Waals surface area contributed by atoms with Crippen molar-refractivity contribution in [2.24, 2.45) is 5.92 Å². The molecule has 7 nitrogen and oxygen atoms in total. The standard InChI is InChI=1S/C22H23Cl2N5O2/c1-13(20-27-18-4-2-3-5-19(18)28-20)25-22(31)29-10-8-14(9-11-29)21(30)26-15-6-7-16(23)17(24)12-15/h2-7,12-14H,8-11H2,1H3,(H,25,31)(H,26,30)(H,27,28). The Morgan fingerprint density at radius 2 is 1.87 bits per heavy atom. The van der Waals surface area contributed by atoms with Crippen LogP contribution >= 0.6 is 23.2 Å². The van der Waals surface area contributed by atoms with E-state index in [9.17, 15) is 9.59 Å². The molecule has 9 heteroatoms. The first-order valence-corrected chi connectivity index (χ1v) is 10.9. The number of carbonyl (C=O) groups excluding carboxylic acids is 2. The van der Waals surface area contributed by atoms with Crippen LogP contribution in [0.15, 0.2) is 42.5 Å². The Labute approximate surface area is 190 Å². The lowest BCUT2D eigenvalue weighted by Crippen LogP contribution is -2.46. The molecule has 3 N–H and O–H groups in total. The minimum atomic E-state index is -0.254. The molecular formula is C22H23Cl2N5O2. The first kappa shape index (κ1) is 21.5. The molecule has 0 aliphatic carbocycles. The van der Waals surface area contributed by atoms with Crippen molar-refractivity contribution in [3.05, 3.63) is 58.3 Å². The Balaban J connectivity index is 1.29. The van der Waals surface area contributed by atoms with Crippen LogP contribution in [0.3, 0.4) is 0 Å². The molecule has 31 heavy (non-hydrogen) atoms. The lowest BCUT2D eigenvalue weighted by Gasteiger charge is -2.32. The fourth-order valence-electron chi connectivity index (χ4n) is 3.69. The maximum Gasteiger partial charge on any atom is 0.317 e. The van der Waals surface area contributed by atoms with Crippen molar-refractivity contribution < 1.29 is 9.59 Å².